The van der Waals surface area contributed by atoms with Crippen LogP contribution in [0.1, 0.15) is 46.0 Å². The largest absolute Gasteiger partial charge is 0.369 e. The number of benzene rings is 2. The summed E-state index contributed by atoms with van der Waals surface area (Å²) in [5.41, 5.74) is 6.07. The van der Waals surface area contributed by atoms with Gasteiger partial charge in [-0.3, -0.25) is 14.6 Å². The van der Waals surface area contributed by atoms with Crippen molar-refractivity contribution in [2.24, 2.45) is 28.9 Å². The number of nitrogens with zero attached hydrogens (tertiary/aromatic N) is 2. The van der Waals surface area contributed by atoms with E-state index in [-0.39, 0.29) is 23.3 Å². The SMILES string of the molecule is CC1(C)C(=O)N(C2[C@@H]3CC4C[C@@H]2CC(C(N)=O)(C4)C3)N1c1cccc2ccccc12. The van der Waals surface area contributed by atoms with Crippen LogP contribution >= 0.6 is 0 Å². The van der Waals surface area contributed by atoms with E-state index in [0.717, 1.165) is 37.8 Å². The number of nitrogens with two attached hydrogens (primary N) is 1. The molecular formula is C25H29N3O2. The van der Waals surface area contributed by atoms with Crippen LogP contribution in [0.25, 0.3) is 10.8 Å². The molecule has 5 fully saturated rings. The minimum atomic E-state index is -0.569. The highest BCUT2D eigenvalue weighted by Gasteiger charge is 2.65. The quantitative estimate of drug-likeness (QED) is 0.846. The van der Waals surface area contributed by atoms with Crippen molar-refractivity contribution >= 4 is 28.3 Å². The Morgan fingerprint density at radius 2 is 1.67 bits per heavy atom. The van der Waals surface area contributed by atoms with E-state index in [1.807, 2.05) is 13.8 Å². The summed E-state index contributed by atoms with van der Waals surface area (Å²) < 4.78 is 0. The van der Waals surface area contributed by atoms with Gasteiger partial charge in [0.05, 0.1) is 11.7 Å². The Balaban J connectivity index is 1.42. The maximum Gasteiger partial charge on any atom is 0.268 e. The lowest BCUT2D eigenvalue weighted by atomic mass is 9.47. The van der Waals surface area contributed by atoms with Gasteiger partial charge in [-0.25, -0.2) is 5.01 Å². The number of primary amides is 1. The summed E-state index contributed by atoms with van der Waals surface area (Å²) in [6.07, 6.45) is 4.86. The van der Waals surface area contributed by atoms with Gasteiger partial charge in [0.15, 0.2) is 0 Å². The van der Waals surface area contributed by atoms with E-state index in [0.29, 0.717) is 17.8 Å². The molecule has 0 aromatic heterocycles. The van der Waals surface area contributed by atoms with Crippen molar-refractivity contribution in [3.05, 3.63) is 42.5 Å². The van der Waals surface area contributed by atoms with E-state index in [2.05, 4.69) is 52.5 Å². The number of hydrogen-bond acceptors (Lipinski definition) is 3. The normalized spacial score (nSPS) is 36.3. The van der Waals surface area contributed by atoms with Crippen molar-refractivity contribution in [2.75, 3.05) is 5.01 Å². The van der Waals surface area contributed by atoms with Gasteiger partial charge in [-0.15, -0.1) is 0 Å². The van der Waals surface area contributed by atoms with E-state index >= 15 is 0 Å². The van der Waals surface area contributed by atoms with Gasteiger partial charge in [-0.1, -0.05) is 36.4 Å². The fourth-order valence-electron chi connectivity index (χ4n) is 7.46. The van der Waals surface area contributed by atoms with Crippen molar-refractivity contribution < 1.29 is 9.59 Å². The molecule has 2 N–H and O–H groups in total. The van der Waals surface area contributed by atoms with Crippen LogP contribution in [0.5, 0.6) is 0 Å². The lowest BCUT2D eigenvalue weighted by molar-refractivity contribution is -0.179. The molecule has 0 spiro atoms. The highest BCUT2D eigenvalue weighted by molar-refractivity contribution is 6.03. The van der Waals surface area contributed by atoms with Crippen LogP contribution in [0.15, 0.2) is 42.5 Å². The molecular weight excluding hydrogens is 374 g/mol. The Bertz CT molecular complexity index is 1060. The van der Waals surface area contributed by atoms with Crippen molar-refractivity contribution in [3.63, 3.8) is 0 Å². The molecule has 1 saturated heterocycles. The molecule has 2 aromatic rings. The highest BCUT2D eigenvalue weighted by atomic mass is 16.2. The predicted molar refractivity (Wildman–Crippen MR) is 116 cm³/mol. The van der Waals surface area contributed by atoms with Crippen LogP contribution in [0, 0.1) is 23.2 Å². The maximum absolute atomic E-state index is 13.4. The van der Waals surface area contributed by atoms with Crippen LogP contribution in [-0.4, -0.2) is 28.4 Å². The molecule has 4 aliphatic carbocycles. The van der Waals surface area contributed by atoms with Crippen molar-refractivity contribution in [2.45, 2.75) is 57.5 Å². The van der Waals surface area contributed by atoms with Gasteiger partial charge in [0.1, 0.15) is 5.54 Å². The number of amides is 2. The monoisotopic (exact) mass is 403 g/mol. The van der Waals surface area contributed by atoms with E-state index in [1.165, 1.54) is 10.8 Å². The molecule has 4 bridgehead atoms. The van der Waals surface area contributed by atoms with Crippen molar-refractivity contribution in [1.82, 2.24) is 5.01 Å². The third-order valence-electron chi connectivity index (χ3n) is 8.50. The van der Waals surface area contributed by atoms with Gasteiger partial charge >= 0.3 is 0 Å². The summed E-state index contributed by atoms with van der Waals surface area (Å²) in [4.78, 5) is 25.8. The van der Waals surface area contributed by atoms with E-state index < -0.39 is 5.54 Å². The summed E-state index contributed by atoms with van der Waals surface area (Å²) in [7, 11) is 0. The van der Waals surface area contributed by atoms with Gasteiger partial charge in [-0.2, -0.15) is 0 Å². The Labute approximate surface area is 177 Å². The summed E-state index contributed by atoms with van der Waals surface area (Å²) in [6, 6.07) is 14.9. The minimum absolute atomic E-state index is 0.124. The van der Waals surface area contributed by atoms with Crippen molar-refractivity contribution in [1.29, 1.82) is 0 Å². The molecule has 2 atom stereocenters. The maximum atomic E-state index is 13.4. The third-order valence-corrected chi connectivity index (χ3v) is 8.50. The summed E-state index contributed by atoms with van der Waals surface area (Å²) in [5.74, 6) is 1.38. The van der Waals surface area contributed by atoms with Gasteiger partial charge in [0.25, 0.3) is 5.91 Å². The first-order valence-electron chi connectivity index (χ1n) is 11.2. The predicted octanol–water partition coefficient (Wildman–Crippen LogP) is 3.86. The third kappa shape index (κ3) is 2.18. The van der Waals surface area contributed by atoms with E-state index in [4.69, 9.17) is 5.73 Å². The fourth-order valence-corrected chi connectivity index (χ4v) is 7.46. The standard InChI is InChI=1S/C25H29N3O2/c1-24(2)23(30)27(28(24)20-9-5-7-16-6-3-4-8-19(16)20)21-17-10-15-11-18(21)14-25(12-15,13-17)22(26)29/h3-9,15,17-18,21H,10-14H2,1-2H3,(H2,26,29)/t15?,17-,18-,21?,25?/m1/s1. The Hall–Kier alpha value is -2.56. The number of rotatable bonds is 3. The number of carbonyl (C=O) groups is 2. The van der Waals surface area contributed by atoms with Crippen LogP contribution in [0.3, 0.4) is 0 Å². The van der Waals surface area contributed by atoms with Gasteiger partial charge in [0.2, 0.25) is 5.91 Å². The number of hydrazine groups is 1. The molecule has 2 aromatic carbocycles. The first-order valence-corrected chi connectivity index (χ1v) is 11.2. The van der Waals surface area contributed by atoms with Crippen molar-refractivity contribution in [3.8, 4) is 0 Å². The molecule has 1 heterocycles. The smallest absolute Gasteiger partial charge is 0.268 e. The molecule has 5 nitrogen and oxygen atoms in total. The lowest BCUT2D eigenvalue weighted by Gasteiger charge is -2.67. The molecule has 0 radical (unpaired) electrons. The lowest BCUT2D eigenvalue weighted by Crippen LogP contribution is -2.80. The Morgan fingerprint density at radius 1 is 1.00 bits per heavy atom. The number of fused-ring (bicyclic) bond motifs is 1. The van der Waals surface area contributed by atoms with Crippen LogP contribution in [-0.2, 0) is 9.59 Å². The first-order chi connectivity index (χ1) is 14.3. The molecule has 7 rings (SSSR count). The van der Waals surface area contributed by atoms with E-state index in [9.17, 15) is 9.59 Å². The average molecular weight is 404 g/mol. The van der Waals surface area contributed by atoms with Gasteiger partial charge in [0, 0.05) is 10.8 Å². The molecule has 156 valence electrons. The molecule has 5 heteroatoms. The Kier molecular flexibility index (Phi) is 3.51. The average Bonchev–Trinajstić information content (AvgIpc) is 2.71. The summed E-state index contributed by atoms with van der Waals surface area (Å²) in [5, 5.41) is 6.65. The molecule has 1 aliphatic heterocycles. The second-order valence-corrected chi connectivity index (χ2v) is 10.6. The van der Waals surface area contributed by atoms with Crippen LogP contribution < -0.4 is 10.7 Å². The molecule has 4 saturated carbocycles. The summed E-state index contributed by atoms with van der Waals surface area (Å²) >= 11 is 0. The second kappa shape index (κ2) is 5.77. The highest BCUT2D eigenvalue weighted by Crippen LogP contribution is 2.62. The van der Waals surface area contributed by atoms with Gasteiger partial charge < -0.3 is 5.73 Å². The summed E-state index contributed by atoms with van der Waals surface area (Å²) in [6.45, 7) is 4.04. The topological polar surface area (TPSA) is 66.6 Å². The van der Waals surface area contributed by atoms with Gasteiger partial charge in [-0.05, 0) is 75.2 Å². The zero-order valence-electron chi connectivity index (χ0n) is 17.7. The zero-order valence-corrected chi connectivity index (χ0v) is 17.7. The Morgan fingerprint density at radius 3 is 2.37 bits per heavy atom. The van der Waals surface area contributed by atoms with Crippen LogP contribution in [0.2, 0.25) is 0 Å². The number of hydrogen-bond donors (Lipinski definition) is 1. The zero-order chi connectivity index (χ0) is 20.8. The molecule has 0 unspecified atom stereocenters. The molecule has 30 heavy (non-hydrogen) atoms. The first kappa shape index (κ1) is 18.2. The van der Waals surface area contributed by atoms with E-state index in [1.54, 1.807) is 0 Å². The fraction of sp³-hybridized carbons (Fsp3) is 0.520. The molecule has 2 amide bonds. The second-order valence-electron chi connectivity index (χ2n) is 10.6. The molecule has 5 aliphatic rings. The minimum Gasteiger partial charge on any atom is -0.369 e. The number of carbonyl (C=O) groups excluding carboxylic acids is 2. The number of anilines is 1. The van der Waals surface area contributed by atoms with Crippen LogP contribution in [0.4, 0.5) is 5.69 Å².